The minimum atomic E-state index is -4.65. The highest BCUT2D eigenvalue weighted by Gasteiger charge is 2.48. The maximum atomic E-state index is 12.6. The van der Waals surface area contributed by atoms with Crippen LogP contribution in [-0.2, 0) is 4.79 Å². The molecule has 0 aromatic heterocycles. The van der Waals surface area contributed by atoms with Gasteiger partial charge in [-0.3, -0.25) is 9.69 Å². The Hall–Kier alpha value is -0.780. The van der Waals surface area contributed by atoms with Gasteiger partial charge in [-0.2, -0.15) is 13.2 Å². The summed E-state index contributed by atoms with van der Waals surface area (Å²) in [6.45, 7) is 0.241. The van der Waals surface area contributed by atoms with Crippen LogP contribution in [0.15, 0.2) is 0 Å². The van der Waals surface area contributed by atoms with E-state index in [4.69, 9.17) is 5.11 Å². The summed E-state index contributed by atoms with van der Waals surface area (Å²) in [4.78, 5) is 12.4. The van der Waals surface area contributed by atoms with Gasteiger partial charge in [-0.25, -0.2) is 0 Å². The second-order valence-corrected chi connectivity index (χ2v) is 5.06. The molecule has 0 bridgehead atoms. The molecule has 2 aliphatic rings. The highest BCUT2D eigenvalue weighted by atomic mass is 19.4. The molecule has 2 aliphatic carbocycles. The fourth-order valence-electron chi connectivity index (χ4n) is 2.00. The smallest absolute Gasteiger partial charge is 0.403 e. The molecule has 1 N–H and O–H groups in total. The third-order valence-corrected chi connectivity index (χ3v) is 3.36. The molecule has 0 aliphatic heterocycles. The number of hydrogen-bond acceptors (Lipinski definition) is 2. The molecule has 2 saturated carbocycles. The Bertz CT molecular complexity index is 298. The van der Waals surface area contributed by atoms with Gasteiger partial charge < -0.3 is 5.11 Å². The minimum Gasteiger partial charge on any atom is -0.481 e. The number of aliphatic carboxylic acids is 1. The summed E-state index contributed by atoms with van der Waals surface area (Å²) in [5.74, 6) is -3.53. The van der Waals surface area contributed by atoms with Crippen molar-refractivity contribution in [2.45, 2.75) is 37.9 Å². The Labute approximate surface area is 97.6 Å². The Morgan fingerprint density at radius 1 is 1.29 bits per heavy atom. The predicted molar refractivity (Wildman–Crippen MR) is 54.5 cm³/mol. The van der Waals surface area contributed by atoms with Crippen LogP contribution >= 0.6 is 0 Å². The minimum absolute atomic E-state index is 0.180. The van der Waals surface area contributed by atoms with Gasteiger partial charge in [-0.1, -0.05) is 0 Å². The zero-order chi connectivity index (χ0) is 12.6. The van der Waals surface area contributed by atoms with Gasteiger partial charge in [0, 0.05) is 19.1 Å². The van der Waals surface area contributed by atoms with Gasteiger partial charge in [0.05, 0.1) is 0 Å². The van der Waals surface area contributed by atoms with Crippen molar-refractivity contribution in [3.63, 3.8) is 0 Å². The zero-order valence-electron chi connectivity index (χ0n) is 9.41. The second kappa shape index (κ2) is 4.48. The molecule has 0 saturated heterocycles. The van der Waals surface area contributed by atoms with Crippen molar-refractivity contribution in [1.29, 1.82) is 0 Å². The van der Waals surface area contributed by atoms with Crippen LogP contribution in [0.3, 0.4) is 0 Å². The van der Waals surface area contributed by atoms with Crippen LogP contribution in [0.25, 0.3) is 0 Å². The Kier molecular flexibility index (Phi) is 3.34. The lowest BCUT2D eigenvalue weighted by Crippen LogP contribution is -2.43. The molecular formula is C11H16F3NO2. The van der Waals surface area contributed by atoms with Gasteiger partial charge >= 0.3 is 12.1 Å². The van der Waals surface area contributed by atoms with Gasteiger partial charge in [0.2, 0.25) is 0 Å². The number of nitrogens with zero attached hydrogens (tertiary/aromatic N) is 1. The largest absolute Gasteiger partial charge is 0.481 e. The third-order valence-electron chi connectivity index (χ3n) is 3.36. The van der Waals surface area contributed by atoms with E-state index < -0.39 is 18.1 Å². The number of halogens is 3. The maximum absolute atomic E-state index is 12.6. The van der Waals surface area contributed by atoms with E-state index in [9.17, 15) is 18.0 Å². The number of hydrogen-bond donors (Lipinski definition) is 1. The molecule has 0 aromatic carbocycles. The number of carboxylic acid groups (broad SMARTS) is 1. The summed E-state index contributed by atoms with van der Waals surface area (Å²) in [6.07, 6.45) is -0.726. The SMILES string of the molecule is O=C(O)C(CN(CC1CC1)C1CC1)C(F)(F)F. The van der Waals surface area contributed by atoms with Crippen molar-refractivity contribution in [2.75, 3.05) is 13.1 Å². The number of rotatable bonds is 6. The van der Waals surface area contributed by atoms with Crippen LogP contribution < -0.4 is 0 Å². The van der Waals surface area contributed by atoms with Crippen LogP contribution in [0, 0.1) is 11.8 Å². The first-order valence-corrected chi connectivity index (χ1v) is 5.91. The van der Waals surface area contributed by atoms with Crippen LogP contribution in [0.5, 0.6) is 0 Å². The van der Waals surface area contributed by atoms with Gasteiger partial charge in [0.25, 0.3) is 0 Å². The van der Waals surface area contributed by atoms with Gasteiger partial charge in [0.15, 0.2) is 5.92 Å². The number of alkyl halides is 3. The topological polar surface area (TPSA) is 40.5 Å². The summed E-state index contributed by atoms with van der Waals surface area (Å²) >= 11 is 0. The van der Waals surface area contributed by atoms with E-state index in [0.29, 0.717) is 12.5 Å². The van der Waals surface area contributed by atoms with Crippen molar-refractivity contribution in [1.82, 2.24) is 4.90 Å². The molecule has 98 valence electrons. The number of carboxylic acids is 1. The molecule has 1 unspecified atom stereocenters. The highest BCUT2D eigenvalue weighted by Crippen LogP contribution is 2.37. The van der Waals surface area contributed by atoms with Crippen molar-refractivity contribution in [3.05, 3.63) is 0 Å². The first-order chi connectivity index (χ1) is 7.88. The van der Waals surface area contributed by atoms with Crippen LogP contribution in [0.4, 0.5) is 13.2 Å². The van der Waals surface area contributed by atoms with E-state index in [1.165, 1.54) is 0 Å². The standard InChI is InChI=1S/C11H16F3NO2/c12-11(13,14)9(10(16)17)6-15(8-3-4-8)5-7-1-2-7/h7-9H,1-6H2,(H,16,17). The zero-order valence-corrected chi connectivity index (χ0v) is 9.41. The third kappa shape index (κ3) is 3.59. The molecular weight excluding hydrogens is 235 g/mol. The average Bonchev–Trinajstić information content (AvgIpc) is 2.99. The molecule has 17 heavy (non-hydrogen) atoms. The summed E-state index contributed by atoms with van der Waals surface area (Å²) in [6, 6.07) is 0.180. The van der Waals surface area contributed by atoms with E-state index in [-0.39, 0.29) is 12.6 Å². The Balaban J connectivity index is 1.95. The van der Waals surface area contributed by atoms with Crippen molar-refractivity contribution < 1.29 is 23.1 Å². The van der Waals surface area contributed by atoms with Crippen molar-refractivity contribution >= 4 is 5.97 Å². The van der Waals surface area contributed by atoms with E-state index in [1.54, 1.807) is 4.90 Å². The molecule has 0 radical (unpaired) electrons. The lowest BCUT2D eigenvalue weighted by molar-refractivity contribution is -0.196. The Morgan fingerprint density at radius 3 is 2.24 bits per heavy atom. The Morgan fingerprint density at radius 2 is 1.88 bits per heavy atom. The number of carbonyl (C=O) groups is 1. The molecule has 1 atom stereocenters. The van der Waals surface area contributed by atoms with E-state index in [1.807, 2.05) is 0 Å². The lowest BCUT2D eigenvalue weighted by Gasteiger charge is -2.26. The molecule has 6 heteroatoms. The summed E-state index contributed by atoms with van der Waals surface area (Å²) in [7, 11) is 0. The molecule has 0 heterocycles. The van der Waals surface area contributed by atoms with Crippen molar-refractivity contribution in [3.8, 4) is 0 Å². The summed E-state index contributed by atoms with van der Waals surface area (Å²) in [5, 5.41) is 8.66. The molecule has 3 nitrogen and oxygen atoms in total. The summed E-state index contributed by atoms with van der Waals surface area (Å²) < 4.78 is 37.7. The highest BCUT2D eigenvalue weighted by molar-refractivity contribution is 5.71. The average molecular weight is 251 g/mol. The molecule has 0 aromatic rings. The predicted octanol–water partition coefficient (Wildman–Crippen LogP) is 2.12. The molecule has 2 rings (SSSR count). The normalized spacial score (nSPS) is 22.8. The van der Waals surface area contributed by atoms with Gasteiger partial charge in [-0.05, 0) is 31.6 Å². The molecule has 2 fully saturated rings. The van der Waals surface area contributed by atoms with E-state index in [0.717, 1.165) is 25.7 Å². The fraction of sp³-hybridized carbons (Fsp3) is 0.909. The van der Waals surface area contributed by atoms with Gasteiger partial charge in [-0.15, -0.1) is 0 Å². The van der Waals surface area contributed by atoms with Crippen LogP contribution in [-0.4, -0.2) is 41.3 Å². The fourth-order valence-corrected chi connectivity index (χ4v) is 2.00. The maximum Gasteiger partial charge on any atom is 0.403 e. The van der Waals surface area contributed by atoms with E-state index >= 15 is 0 Å². The first-order valence-electron chi connectivity index (χ1n) is 5.91. The summed E-state index contributed by atoms with van der Waals surface area (Å²) in [5.41, 5.74) is 0. The molecule has 0 spiro atoms. The van der Waals surface area contributed by atoms with Gasteiger partial charge in [0.1, 0.15) is 0 Å². The first kappa shape index (κ1) is 12.7. The lowest BCUT2D eigenvalue weighted by atomic mass is 10.1. The van der Waals surface area contributed by atoms with Crippen LogP contribution in [0.2, 0.25) is 0 Å². The molecule has 0 amide bonds. The van der Waals surface area contributed by atoms with E-state index in [2.05, 4.69) is 0 Å². The quantitative estimate of drug-likeness (QED) is 0.786. The second-order valence-electron chi connectivity index (χ2n) is 5.06. The van der Waals surface area contributed by atoms with Crippen LogP contribution in [0.1, 0.15) is 25.7 Å². The van der Waals surface area contributed by atoms with Crippen molar-refractivity contribution in [2.24, 2.45) is 11.8 Å². The monoisotopic (exact) mass is 251 g/mol.